The first-order chi connectivity index (χ1) is 15.5. The van der Waals surface area contributed by atoms with Crippen molar-refractivity contribution < 1.29 is 37.3 Å². The van der Waals surface area contributed by atoms with Crippen LogP contribution in [0, 0.1) is 0 Å². The van der Waals surface area contributed by atoms with Crippen molar-refractivity contribution in [1.29, 1.82) is 0 Å². The van der Waals surface area contributed by atoms with E-state index in [2.05, 4.69) is 26.9 Å². The van der Waals surface area contributed by atoms with Gasteiger partial charge < -0.3 is 25.2 Å². The number of rotatable bonds is 7. The number of nitrogens with zero attached hydrogens (tertiary/aromatic N) is 1. The van der Waals surface area contributed by atoms with Crippen LogP contribution in [0.5, 0.6) is 11.6 Å². The number of hydrogen-bond donors (Lipinski definition) is 3. The van der Waals surface area contributed by atoms with Crippen molar-refractivity contribution in [2.75, 3.05) is 6.54 Å². The molecule has 1 aliphatic heterocycles. The number of halogens is 4. The Bertz CT molecular complexity index is 1050. The van der Waals surface area contributed by atoms with Crippen molar-refractivity contribution >= 4 is 23.4 Å². The van der Waals surface area contributed by atoms with Gasteiger partial charge >= 0.3 is 6.36 Å². The number of alkyl halides is 3. The molecule has 2 heterocycles. The molecule has 12 heteroatoms. The van der Waals surface area contributed by atoms with E-state index in [9.17, 15) is 27.9 Å². The number of carbonyl (C=O) groups is 2. The Kier molecular flexibility index (Phi) is 7.44. The summed E-state index contributed by atoms with van der Waals surface area (Å²) in [5.74, 6) is -1.40. The number of amides is 2. The molecule has 3 N–H and O–H groups in total. The second-order valence-electron chi connectivity index (χ2n) is 7.07. The van der Waals surface area contributed by atoms with E-state index in [4.69, 9.17) is 16.3 Å². The summed E-state index contributed by atoms with van der Waals surface area (Å²) in [5, 5.41) is 15.8. The summed E-state index contributed by atoms with van der Waals surface area (Å²) in [7, 11) is 0. The van der Waals surface area contributed by atoms with Crippen LogP contribution >= 0.6 is 11.6 Å². The van der Waals surface area contributed by atoms with Gasteiger partial charge in [0.25, 0.3) is 11.8 Å². The zero-order valence-corrected chi connectivity index (χ0v) is 17.7. The van der Waals surface area contributed by atoms with E-state index in [1.54, 1.807) is 18.2 Å². The minimum atomic E-state index is -4.88. The smallest absolute Gasteiger partial charge is 0.480 e. The molecule has 0 saturated carbocycles. The molecular weight excluding hydrogens is 467 g/mol. The number of benzene rings is 1. The van der Waals surface area contributed by atoms with E-state index in [-0.39, 0.29) is 30.6 Å². The van der Waals surface area contributed by atoms with Crippen molar-refractivity contribution in [3.8, 4) is 11.6 Å². The topological polar surface area (TPSA) is 110 Å². The highest BCUT2D eigenvalue weighted by molar-refractivity contribution is 6.30. The van der Waals surface area contributed by atoms with Gasteiger partial charge in [-0.05, 0) is 24.3 Å². The van der Waals surface area contributed by atoms with Gasteiger partial charge in [-0.25, -0.2) is 4.98 Å². The number of aliphatic hydroxyl groups is 1. The summed E-state index contributed by atoms with van der Waals surface area (Å²) in [6, 6.07) is 6.78. The number of hydrogen-bond acceptors (Lipinski definition) is 6. The lowest BCUT2D eigenvalue weighted by atomic mass is 9.98. The van der Waals surface area contributed by atoms with E-state index in [0.717, 1.165) is 18.3 Å². The predicted octanol–water partition coefficient (Wildman–Crippen LogP) is 3.27. The maximum Gasteiger partial charge on any atom is 0.574 e. The molecule has 3 rings (SSSR count). The Labute approximate surface area is 191 Å². The quantitative estimate of drug-likeness (QED) is 0.555. The summed E-state index contributed by atoms with van der Waals surface area (Å²) in [6.45, 7) is 3.81. The highest BCUT2D eigenvalue weighted by Gasteiger charge is 2.32. The van der Waals surface area contributed by atoms with Crippen LogP contribution in [-0.4, -0.2) is 40.9 Å². The minimum Gasteiger partial charge on any atom is -0.480 e. The fourth-order valence-corrected chi connectivity index (χ4v) is 3.20. The number of fused-ring (bicyclic) bond motifs is 1. The van der Waals surface area contributed by atoms with Crippen LogP contribution in [0.1, 0.15) is 34.9 Å². The lowest BCUT2D eigenvalue weighted by Crippen LogP contribution is -2.42. The number of nitrogens with one attached hydrogen (secondary N) is 2. The molecule has 2 amide bonds. The molecule has 0 fully saturated rings. The molecule has 1 aromatic carbocycles. The van der Waals surface area contributed by atoms with Crippen molar-refractivity contribution in [1.82, 2.24) is 15.6 Å². The Morgan fingerprint density at radius 2 is 2.06 bits per heavy atom. The Balaban J connectivity index is 1.44. The first kappa shape index (κ1) is 24.3. The molecule has 2 atom stereocenters. The van der Waals surface area contributed by atoms with Crippen LogP contribution in [0.25, 0.3) is 0 Å². The summed E-state index contributed by atoms with van der Waals surface area (Å²) in [4.78, 5) is 28.0. The average Bonchev–Trinajstić information content (AvgIpc) is 2.73. The van der Waals surface area contributed by atoms with Crippen molar-refractivity contribution in [3.05, 3.63) is 65.0 Å². The molecule has 0 unspecified atom stereocenters. The third-order valence-electron chi connectivity index (χ3n) is 4.56. The maximum absolute atomic E-state index is 12.4. The largest absolute Gasteiger partial charge is 0.574 e. The van der Waals surface area contributed by atoms with Crippen molar-refractivity contribution in [2.24, 2.45) is 0 Å². The zero-order chi connectivity index (χ0) is 24.2. The average molecular weight is 486 g/mol. The fraction of sp³-hybridized carbons (Fsp3) is 0.286. The third-order valence-corrected chi connectivity index (χ3v) is 4.80. The second kappa shape index (κ2) is 10.1. The highest BCUT2D eigenvalue weighted by Crippen LogP contribution is 2.36. The first-order valence-corrected chi connectivity index (χ1v) is 10.0. The predicted molar refractivity (Wildman–Crippen MR) is 111 cm³/mol. The normalized spacial score (nSPS) is 17.4. The number of pyridine rings is 1. The monoisotopic (exact) mass is 485 g/mol. The Morgan fingerprint density at radius 3 is 2.73 bits per heavy atom. The molecule has 8 nitrogen and oxygen atoms in total. The van der Waals surface area contributed by atoms with E-state index in [1.165, 1.54) is 0 Å². The van der Waals surface area contributed by atoms with Gasteiger partial charge in [-0.15, -0.1) is 13.2 Å². The minimum absolute atomic E-state index is 0.00179. The Hall–Kier alpha value is -3.31. The number of aromatic nitrogens is 1. The van der Waals surface area contributed by atoms with Crippen LogP contribution in [-0.2, 0) is 4.79 Å². The molecule has 0 radical (unpaired) electrons. The fourth-order valence-electron chi connectivity index (χ4n) is 3.02. The summed E-state index contributed by atoms with van der Waals surface area (Å²) < 4.78 is 45.7. The van der Waals surface area contributed by atoms with Crippen molar-refractivity contribution in [3.63, 3.8) is 0 Å². The van der Waals surface area contributed by atoms with Crippen LogP contribution in [0.2, 0.25) is 5.02 Å². The number of aliphatic hydroxyl groups excluding tert-OH is 1. The van der Waals surface area contributed by atoms with Crippen molar-refractivity contribution in [2.45, 2.75) is 31.4 Å². The lowest BCUT2D eigenvalue weighted by molar-refractivity contribution is -0.276. The Morgan fingerprint density at radius 1 is 1.30 bits per heavy atom. The maximum atomic E-state index is 12.4. The number of carbonyl (C=O) groups excluding carboxylic acids is 2. The first-order valence-electron chi connectivity index (χ1n) is 9.64. The van der Waals surface area contributed by atoms with Gasteiger partial charge in [0, 0.05) is 47.9 Å². The lowest BCUT2D eigenvalue weighted by Gasteiger charge is -2.29. The van der Waals surface area contributed by atoms with Crippen LogP contribution in [0.4, 0.5) is 13.2 Å². The number of ether oxygens (including phenoxy) is 2. The molecule has 0 spiro atoms. The third kappa shape index (κ3) is 6.83. The van der Waals surface area contributed by atoms with Gasteiger partial charge in [-0.3, -0.25) is 9.59 Å². The van der Waals surface area contributed by atoms with Gasteiger partial charge in [-0.2, -0.15) is 0 Å². The standard InChI is InChI=1S/C21H19ClF3N3O5/c1-11(28-19(30)12-2-5-18(27-10-12)33-21(23,24)25)6-7-26-20(31)17-9-15(29)14-8-13(22)3-4-16(14)32-17/h2-5,8,10,15,17,29H,1,6-7,9H2,(H,26,31)(H,28,30)/t15-,17-/m1/s1. The molecular formula is C21H19ClF3N3O5. The summed E-state index contributed by atoms with van der Waals surface area (Å²) in [5.41, 5.74) is 0.772. The molecule has 0 bridgehead atoms. The molecule has 33 heavy (non-hydrogen) atoms. The molecule has 176 valence electrons. The second-order valence-corrected chi connectivity index (χ2v) is 7.51. The van der Waals surface area contributed by atoms with Crippen LogP contribution in [0.15, 0.2) is 48.8 Å². The molecule has 1 aromatic heterocycles. The van der Waals surface area contributed by atoms with E-state index < -0.39 is 36.3 Å². The van der Waals surface area contributed by atoms with E-state index in [0.29, 0.717) is 16.3 Å². The van der Waals surface area contributed by atoms with Crippen LogP contribution < -0.4 is 20.1 Å². The van der Waals surface area contributed by atoms with Gasteiger partial charge in [0.2, 0.25) is 5.88 Å². The van der Waals surface area contributed by atoms with Crippen LogP contribution in [0.3, 0.4) is 0 Å². The zero-order valence-electron chi connectivity index (χ0n) is 17.0. The van der Waals surface area contributed by atoms with Gasteiger partial charge in [-0.1, -0.05) is 18.2 Å². The van der Waals surface area contributed by atoms with Gasteiger partial charge in [0.05, 0.1) is 11.7 Å². The molecule has 1 aliphatic rings. The summed E-state index contributed by atoms with van der Waals surface area (Å²) >= 11 is 5.91. The molecule has 0 aliphatic carbocycles. The van der Waals surface area contributed by atoms with E-state index >= 15 is 0 Å². The SMILES string of the molecule is C=C(CCNC(=O)[C@H]1C[C@@H](O)c2cc(Cl)ccc2O1)NC(=O)c1ccc(OC(F)(F)F)nc1. The summed E-state index contributed by atoms with van der Waals surface area (Å²) in [6.07, 6.45) is -5.52. The van der Waals surface area contributed by atoms with Gasteiger partial charge in [0.15, 0.2) is 6.10 Å². The van der Waals surface area contributed by atoms with E-state index in [1.807, 2.05) is 0 Å². The molecule has 2 aromatic rings. The molecule has 0 saturated heterocycles. The highest BCUT2D eigenvalue weighted by atomic mass is 35.5. The van der Waals surface area contributed by atoms with Gasteiger partial charge in [0.1, 0.15) is 5.75 Å².